The number of benzene rings is 4. The molecule has 0 atom stereocenters. The first-order valence-electron chi connectivity index (χ1n) is 8.86. The van der Waals surface area contributed by atoms with Gasteiger partial charge in [-0.25, -0.2) is 0 Å². The molecule has 0 radical (unpaired) electrons. The first kappa shape index (κ1) is 19.0. The molecule has 30 heavy (non-hydrogen) atoms. The van der Waals surface area contributed by atoms with Crippen molar-refractivity contribution in [3.63, 3.8) is 0 Å². The van der Waals surface area contributed by atoms with Crippen molar-refractivity contribution >= 4 is 70.0 Å². The van der Waals surface area contributed by atoms with Crippen molar-refractivity contribution in [1.82, 2.24) is 0 Å². The van der Waals surface area contributed by atoms with E-state index >= 15 is 0 Å². The van der Waals surface area contributed by atoms with Crippen LogP contribution in [-0.2, 0) is 0 Å². The van der Waals surface area contributed by atoms with E-state index in [0.717, 1.165) is 0 Å². The summed E-state index contributed by atoms with van der Waals surface area (Å²) < 4.78 is 0. The highest BCUT2D eigenvalue weighted by molar-refractivity contribution is 6.28. The minimum atomic E-state index is 0.172. The number of hydrogen-bond donors (Lipinski definition) is 0. The molecule has 4 rings (SSSR count). The summed E-state index contributed by atoms with van der Waals surface area (Å²) in [6.07, 6.45) is 3.37. The number of aldehydes is 6. The van der Waals surface area contributed by atoms with Gasteiger partial charge >= 0.3 is 0 Å². The van der Waals surface area contributed by atoms with Gasteiger partial charge < -0.3 is 0 Å². The summed E-state index contributed by atoms with van der Waals surface area (Å²) in [5.41, 5.74) is 1.03. The zero-order valence-corrected chi connectivity index (χ0v) is 15.4. The Morgan fingerprint density at radius 3 is 0.533 bits per heavy atom. The Hall–Kier alpha value is -4.32. The fraction of sp³-hybridized carbons (Fsp3) is 0. The van der Waals surface area contributed by atoms with Crippen LogP contribution in [0.25, 0.3) is 32.3 Å². The molecule has 0 saturated carbocycles. The van der Waals surface area contributed by atoms with Gasteiger partial charge in [-0.15, -0.1) is 0 Å². The first-order chi connectivity index (χ1) is 14.6. The molecule has 0 aliphatic rings. The summed E-state index contributed by atoms with van der Waals surface area (Å²) in [7, 11) is 0. The highest BCUT2D eigenvalue weighted by Crippen LogP contribution is 2.38. The Kier molecular flexibility index (Phi) is 4.60. The maximum atomic E-state index is 11.5. The van der Waals surface area contributed by atoms with E-state index in [1.54, 1.807) is 0 Å². The Morgan fingerprint density at radius 2 is 0.433 bits per heavy atom. The Morgan fingerprint density at radius 1 is 0.300 bits per heavy atom. The van der Waals surface area contributed by atoms with Crippen molar-refractivity contribution in [1.29, 1.82) is 0 Å². The topological polar surface area (TPSA) is 102 Å². The lowest BCUT2D eigenvalue weighted by Gasteiger charge is -2.14. The van der Waals surface area contributed by atoms with Crippen LogP contribution in [0.5, 0.6) is 0 Å². The fourth-order valence-corrected chi connectivity index (χ4v) is 3.85. The van der Waals surface area contributed by atoms with Gasteiger partial charge in [0, 0.05) is 33.4 Å². The Balaban J connectivity index is 2.39. The monoisotopic (exact) mass is 396 g/mol. The number of hydrogen-bond acceptors (Lipinski definition) is 6. The largest absolute Gasteiger partial charge is 0.298 e. The van der Waals surface area contributed by atoms with Gasteiger partial charge in [-0.05, 0) is 68.7 Å². The highest BCUT2D eigenvalue weighted by atomic mass is 16.1. The van der Waals surface area contributed by atoms with Crippen LogP contribution in [0.2, 0.25) is 0 Å². The summed E-state index contributed by atoms with van der Waals surface area (Å²) in [6, 6.07) is 9.23. The number of carbonyl (C=O) groups excluding carboxylic acids is 6. The summed E-state index contributed by atoms with van der Waals surface area (Å²) in [5, 5.41) is 3.42. The second kappa shape index (κ2) is 7.25. The van der Waals surface area contributed by atoms with Gasteiger partial charge in [0.1, 0.15) is 0 Å². The molecule has 6 heteroatoms. The second-order valence-electron chi connectivity index (χ2n) is 6.79. The zero-order valence-electron chi connectivity index (χ0n) is 15.4. The van der Waals surface area contributed by atoms with Crippen molar-refractivity contribution in [2.24, 2.45) is 0 Å². The lowest BCUT2D eigenvalue weighted by Crippen LogP contribution is -1.98. The maximum Gasteiger partial charge on any atom is 0.150 e. The molecule has 0 aliphatic carbocycles. The molecular formula is C24H12O6. The third-order valence-electron chi connectivity index (χ3n) is 5.30. The third kappa shape index (κ3) is 2.66. The number of rotatable bonds is 6. The van der Waals surface area contributed by atoms with Crippen molar-refractivity contribution in [2.75, 3.05) is 0 Å². The van der Waals surface area contributed by atoms with Crippen LogP contribution in [0.3, 0.4) is 0 Å². The predicted octanol–water partition coefficient (Wildman–Crippen LogP) is 4.02. The van der Waals surface area contributed by atoms with Gasteiger partial charge in [0.2, 0.25) is 0 Å². The van der Waals surface area contributed by atoms with Gasteiger partial charge in [-0.2, -0.15) is 0 Å². The van der Waals surface area contributed by atoms with E-state index < -0.39 is 0 Å². The lowest BCUT2D eigenvalue weighted by molar-refractivity contribution is 0.109. The van der Waals surface area contributed by atoms with E-state index in [0.29, 0.717) is 70.0 Å². The van der Waals surface area contributed by atoms with E-state index in [9.17, 15) is 28.8 Å². The quantitative estimate of drug-likeness (QED) is 0.360. The van der Waals surface area contributed by atoms with Gasteiger partial charge in [0.15, 0.2) is 37.7 Å². The number of carbonyl (C=O) groups is 6. The van der Waals surface area contributed by atoms with E-state index in [-0.39, 0.29) is 33.4 Å². The SMILES string of the molecule is O=Cc1cc2c3cc(C=O)c(C=O)cc3c3cc(C=O)c(C=O)cc3c2cc1C=O. The van der Waals surface area contributed by atoms with E-state index in [2.05, 4.69) is 0 Å². The molecule has 0 unspecified atom stereocenters. The van der Waals surface area contributed by atoms with Gasteiger partial charge in [-0.1, -0.05) is 0 Å². The summed E-state index contributed by atoms with van der Waals surface area (Å²) in [6.45, 7) is 0. The molecule has 144 valence electrons. The van der Waals surface area contributed by atoms with E-state index in [1.165, 1.54) is 36.4 Å². The molecule has 0 bridgehead atoms. The molecule has 0 aromatic heterocycles. The van der Waals surface area contributed by atoms with Crippen molar-refractivity contribution in [3.05, 3.63) is 69.8 Å². The normalized spacial score (nSPS) is 10.8. The van der Waals surface area contributed by atoms with Crippen LogP contribution in [0.4, 0.5) is 0 Å². The minimum absolute atomic E-state index is 0.172. The first-order valence-corrected chi connectivity index (χ1v) is 8.86. The molecule has 0 aliphatic heterocycles. The standard InChI is InChI=1S/C24H12O6/c25-7-13-1-19-20(2-14(13)8-26)22-5-17(11-29)18(12-30)6-24(22)23-4-16(10-28)15(9-27)3-21(19)23/h1-12H. The fourth-order valence-electron chi connectivity index (χ4n) is 3.85. The van der Waals surface area contributed by atoms with Crippen LogP contribution < -0.4 is 0 Å². The molecule has 0 spiro atoms. The van der Waals surface area contributed by atoms with E-state index in [1.807, 2.05) is 0 Å². The van der Waals surface area contributed by atoms with Crippen LogP contribution >= 0.6 is 0 Å². The van der Waals surface area contributed by atoms with Crippen LogP contribution in [0.1, 0.15) is 62.1 Å². The molecule has 6 nitrogen and oxygen atoms in total. The molecule has 0 saturated heterocycles. The van der Waals surface area contributed by atoms with Gasteiger partial charge in [0.05, 0.1) is 0 Å². The smallest absolute Gasteiger partial charge is 0.150 e. The molecule has 0 heterocycles. The van der Waals surface area contributed by atoms with Crippen molar-refractivity contribution < 1.29 is 28.8 Å². The Bertz CT molecular complexity index is 1130. The molecule has 0 amide bonds. The maximum absolute atomic E-state index is 11.5. The predicted molar refractivity (Wildman–Crippen MR) is 111 cm³/mol. The molecular weight excluding hydrogens is 384 g/mol. The summed E-state index contributed by atoms with van der Waals surface area (Å²) >= 11 is 0. The third-order valence-corrected chi connectivity index (χ3v) is 5.30. The lowest BCUT2D eigenvalue weighted by atomic mass is 9.88. The van der Waals surface area contributed by atoms with Crippen LogP contribution in [0, 0.1) is 0 Å². The molecule has 4 aromatic rings. The summed E-state index contributed by atoms with van der Waals surface area (Å²) in [4.78, 5) is 68.9. The second-order valence-corrected chi connectivity index (χ2v) is 6.79. The molecule has 0 N–H and O–H groups in total. The zero-order chi connectivity index (χ0) is 21.4. The van der Waals surface area contributed by atoms with Gasteiger partial charge in [0.25, 0.3) is 0 Å². The average molecular weight is 396 g/mol. The van der Waals surface area contributed by atoms with Crippen LogP contribution in [0.15, 0.2) is 36.4 Å². The molecule has 0 fully saturated rings. The Labute approximate surface area is 169 Å². The average Bonchev–Trinajstić information content (AvgIpc) is 2.81. The minimum Gasteiger partial charge on any atom is -0.298 e. The van der Waals surface area contributed by atoms with Crippen molar-refractivity contribution in [3.8, 4) is 0 Å². The summed E-state index contributed by atoms with van der Waals surface area (Å²) in [5.74, 6) is 0. The van der Waals surface area contributed by atoms with Gasteiger partial charge in [-0.3, -0.25) is 28.8 Å². The number of fused-ring (bicyclic) bond motifs is 6. The van der Waals surface area contributed by atoms with Crippen LogP contribution in [-0.4, -0.2) is 37.7 Å². The van der Waals surface area contributed by atoms with E-state index in [4.69, 9.17) is 0 Å². The highest BCUT2D eigenvalue weighted by Gasteiger charge is 2.16. The molecule has 4 aromatic carbocycles. The van der Waals surface area contributed by atoms with Crippen molar-refractivity contribution in [2.45, 2.75) is 0 Å².